The molecule has 4 amide bonds. The second kappa shape index (κ2) is 13.3. The molecule has 224 valence electrons. The monoisotopic (exact) mass is 616 g/mol. The van der Waals surface area contributed by atoms with Crippen LogP contribution in [0.3, 0.4) is 0 Å². The number of methoxy groups -OCH3 is 1. The molecular weight excluding hydrogens is 594 g/mol. The summed E-state index contributed by atoms with van der Waals surface area (Å²) in [6.45, 7) is -0.636. The molecule has 0 spiro atoms. The topological polar surface area (TPSA) is 224 Å². The van der Waals surface area contributed by atoms with Crippen molar-refractivity contribution in [1.29, 1.82) is 0 Å². The average Bonchev–Trinajstić information content (AvgIpc) is 3.59. The Morgan fingerprint density at radius 3 is 2.60 bits per heavy atom. The second-order valence-electron chi connectivity index (χ2n) is 8.46. The lowest BCUT2D eigenvalue weighted by Crippen LogP contribution is -2.35. The summed E-state index contributed by atoms with van der Waals surface area (Å²) < 4.78 is 39.5. The van der Waals surface area contributed by atoms with E-state index in [1.54, 1.807) is 12.1 Å². The van der Waals surface area contributed by atoms with Crippen molar-refractivity contribution < 1.29 is 42.3 Å². The first-order chi connectivity index (χ1) is 20.5. The standard InChI is InChI=1S/C25H22F2N8O7S/c1-41-12-4-2-3-11(7-12)22(39)31-16-8-13(14(26)9-15(16)27)21-33-23(42-35-21)19-20(28)32-25(43-19)34-24(40)29-6-5-17(36)30-10-18(37)38/h2-4,7-9H,5-6,10,28H2,1H3,(H,30,36)(H,31,39)(H,37,38)(H2,29,32,34,40). The predicted molar refractivity (Wildman–Crippen MR) is 148 cm³/mol. The summed E-state index contributed by atoms with van der Waals surface area (Å²) in [6, 6.07) is 6.97. The van der Waals surface area contributed by atoms with Crippen LogP contribution in [0.5, 0.6) is 5.75 Å². The number of aromatic nitrogens is 3. The second-order valence-corrected chi connectivity index (χ2v) is 9.45. The first-order valence-corrected chi connectivity index (χ1v) is 12.9. The lowest BCUT2D eigenvalue weighted by atomic mass is 10.1. The van der Waals surface area contributed by atoms with Gasteiger partial charge in [0.05, 0.1) is 18.4 Å². The highest BCUT2D eigenvalue weighted by Crippen LogP contribution is 2.35. The number of halogens is 2. The van der Waals surface area contributed by atoms with Crippen molar-refractivity contribution in [2.45, 2.75) is 6.42 Å². The molecule has 0 fully saturated rings. The van der Waals surface area contributed by atoms with Crippen molar-refractivity contribution in [2.75, 3.05) is 36.6 Å². The first kappa shape index (κ1) is 30.3. The number of nitrogens with one attached hydrogen (secondary N) is 4. The minimum atomic E-state index is -1.20. The van der Waals surface area contributed by atoms with E-state index >= 15 is 0 Å². The van der Waals surface area contributed by atoms with Gasteiger partial charge in [0.25, 0.3) is 11.8 Å². The number of aliphatic carboxylic acids is 1. The third-order valence-corrected chi connectivity index (χ3v) is 6.42. The maximum Gasteiger partial charge on any atom is 0.322 e. The molecule has 0 aliphatic rings. The number of nitrogen functional groups attached to an aromatic ring is 1. The zero-order valence-corrected chi connectivity index (χ0v) is 22.9. The molecule has 4 aromatic rings. The minimum absolute atomic E-state index is 0.0237. The number of thiazole rings is 1. The highest BCUT2D eigenvalue weighted by molar-refractivity contribution is 7.19. The van der Waals surface area contributed by atoms with Crippen molar-refractivity contribution in [3.05, 3.63) is 53.6 Å². The van der Waals surface area contributed by atoms with E-state index in [0.29, 0.717) is 11.8 Å². The smallest absolute Gasteiger partial charge is 0.322 e. The molecule has 0 aliphatic carbocycles. The van der Waals surface area contributed by atoms with Gasteiger partial charge in [0.2, 0.25) is 11.7 Å². The molecule has 18 heteroatoms. The molecule has 0 radical (unpaired) electrons. The van der Waals surface area contributed by atoms with Crippen LogP contribution in [0.2, 0.25) is 0 Å². The normalized spacial score (nSPS) is 10.6. The number of hydrogen-bond donors (Lipinski definition) is 6. The molecule has 0 unspecified atom stereocenters. The summed E-state index contributed by atoms with van der Waals surface area (Å²) in [5.74, 6) is -4.68. The number of carbonyl (C=O) groups excluding carboxylic acids is 3. The molecule has 15 nitrogen and oxygen atoms in total. The Balaban J connectivity index is 1.43. The summed E-state index contributed by atoms with van der Waals surface area (Å²) in [4.78, 5) is 55.0. The van der Waals surface area contributed by atoms with Crippen molar-refractivity contribution >= 4 is 51.8 Å². The SMILES string of the molecule is COc1cccc(C(=O)Nc2cc(-c3noc(-c4sc(NC(=O)NCCC(=O)NCC(=O)O)nc4N)n3)c(F)cc2F)c1. The summed E-state index contributed by atoms with van der Waals surface area (Å²) in [5, 5.41) is 21.6. The van der Waals surface area contributed by atoms with Gasteiger partial charge < -0.3 is 36.1 Å². The van der Waals surface area contributed by atoms with Crippen LogP contribution in [-0.4, -0.2) is 64.2 Å². The Hall–Kier alpha value is -5.65. The maximum atomic E-state index is 14.7. The molecule has 0 atom stereocenters. The zero-order valence-electron chi connectivity index (χ0n) is 22.1. The first-order valence-electron chi connectivity index (χ1n) is 12.1. The molecule has 2 aromatic carbocycles. The van der Waals surface area contributed by atoms with Gasteiger partial charge in [-0.1, -0.05) is 22.6 Å². The zero-order chi connectivity index (χ0) is 31.1. The number of carboxylic acid groups (broad SMARTS) is 1. The third kappa shape index (κ3) is 7.76. The number of nitrogens with two attached hydrogens (primary N) is 1. The summed E-state index contributed by atoms with van der Waals surface area (Å²) in [6.07, 6.45) is -0.164. The summed E-state index contributed by atoms with van der Waals surface area (Å²) >= 11 is 0.849. The Bertz CT molecular complexity index is 1690. The Kier molecular flexibility index (Phi) is 9.40. The highest BCUT2D eigenvalue weighted by atomic mass is 32.1. The Morgan fingerprint density at radius 1 is 1.07 bits per heavy atom. The third-order valence-electron chi connectivity index (χ3n) is 5.45. The van der Waals surface area contributed by atoms with Crippen molar-refractivity contribution in [2.24, 2.45) is 0 Å². The highest BCUT2D eigenvalue weighted by Gasteiger charge is 2.22. The minimum Gasteiger partial charge on any atom is -0.497 e. The number of carboxylic acids is 1. The van der Waals surface area contributed by atoms with Crippen LogP contribution < -0.4 is 31.7 Å². The number of rotatable bonds is 11. The van der Waals surface area contributed by atoms with E-state index in [2.05, 4.69) is 36.4 Å². The van der Waals surface area contributed by atoms with Gasteiger partial charge in [0, 0.05) is 24.6 Å². The molecule has 7 N–H and O–H groups in total. The van der Waals surface area contributed by atoms with Gasteiger partial charge in [0.15, 0.2) is 5.13 Å². The summed E-state index contributed by atoms with van der Waals surface area (Å²) in [5.41, 5.74) is 5.46. The molecule has 4 rings (SSSR count). The van der Waals surface area contributed by atoms with Crippen LogP contribution >= 0.6 is 11.3 Å². The number of amides is 4. The Morgan fingerprint density at radius 2 is 1.86 bits per heavy atom. The van der Waals surface area contributed by atoms with E-state index in [1.165, 1.54) is 19.2 Å². The Labute approximate surface area is 244 Å². The van der Waals surface area contributed by atoms with Crippen LogP contribution in [0.4, 0.5) is 30.2 Å². The van der Waals surface area contributed by atoms with E-state index < -0.39 is 42.0 Å². The van der Waals surface area contributed by atoms with E-state index in [1.807, 2.05) is 0 Å². The van der Waals surface area contributed by atoms with Crippen molar-refractivity contribution in [3.8, 4) is 27.9 Å². The average molecular weight is 617 g/mol. The molecule has 0 saturated carbocycles. The maximum absolute atomic E-state index is 14.7. The molecule has 0 aliphatic heterocycles. The van der Waals surface area contributed by atoms with Gasteiger partial charge in [-0.3, -0.25) is 19.7 Å². The fraction of sp³-hybridized carbons (Fsp3) is 0.160. The summed E-state index contributed by atoms with van der Waals surface area (Å²) in [7, 11) is 1.43. The van der Waals surface area contributed by atoms with Crippen LogP contribution in [0.25, 0.3) is 22.2 Å². The number of nitrogens with zero attached hydrogens (tertiary/aromatic N) is 3. The molecule has 0 bridgehead atoms. The van der Waals surface area contributed by atoms with Crippen molar-refractivity contribution in [1.82, 2.24) is 25.8 Å². The number of benzene rings is 2. The number of hydrogen-bond acceptors (Lipinski definition) is 11. The van der Waals surface area contributed by atoms with E-state index in [9.17, 15) is 28.0 Å². The van der Waals surface area contributed by atoms with Crippen LogP contribution in [0.1, 0.15) is 16.8 Å². The van der Waals surface area contributed by atoms with Gasteiger partial charge in [-0.25, -0.2) is 18.6 Å². The fourth-order valence-electron chi connectivity index (χ4n) is 3.43. The number of urea groups is 1. The number of ether oxygens (including phenoxy) is 1. The largest absolute Gasteiger partial charge is 0.497 e. The van der Waals surface area contributed by atoms with Gasteiger partial charge >= 0.3 is 12.0 Å². The van der Waals surface area contributed by atoms with E-state index in [0.717, 1.165) is 17.4 Å². The van der Waals surface area contributed by atoms with E-state index in [4.69, 9.17) is 20.1 Å². The molecule has 2 heterocycles. The quantitative estimate of drug-likeness (QED) is 0.144. The van der Waals surface area contributed by atoms with Crippen LogP contribution in [0, 0.1) is 11.6 Å². The molecule has 43 heavy (non-hydrogen) atoms. The van der Waals surface area contributed by atoms with Gasteiger partial charge in [-0.15, -0.1) is 0 Å². The fourth-order valence-corrected chi connectivity index (χ4v) is 4.23. The lowest BCUT2D eigenvalue weighted by Gasteiger charge is -2.09. The lowest BCUT2D eigenvalue weighted by molar-refractivity contribution is -0.137. The van der Waals surface area contributed by atoms with Crippen LogP contribution in [0.15, 0.2) is 40.9 Å². The van der Waals surface area contributed by atoms with E-state index in [-0.39, 0.29) is 57.3 Å². The van der Waals surface area contributed by atoms with Crippen molar-refractivity contribution in [3.63, 3.8) is 0 Å². The predicted octanol–water partition coefficient (Wildman–Crippen LogP) is 2.69. The van der Waals surface area contributed by atoms with Gasteiger partial charge in [-0.2, -0.15) is 4.98 Å². The molecule has 2 aromatic heterocycles. The van der Waals surface area contributed by atoms with Gasteiger partial charge in [-0.05, 0) is 24.3 Å². The van der Waals surface area contributed by atoms with Crippen LogP contribution in [-0.2, 0) is 9.59 Å². The number of anilines is 3. The molecule has 0 saturated heterocycles. The van der Waals surface area contributed by atoms with Gasteiger partial charge in [0.1, 0.15) is 34.6 Å². The number of carbonyl (C=O) groups is 4. The molecular formula is C25H22F2N8O7S.